The van der Waals surface area contributed by atoms with E-state index in [9.17, 15) is 14.3 Å². The second kappa shape index (κ2) is 15.1. The second-order valence-corrected chi connectivity index (χ2v) is 13.0. The summed E-state index contributed by atoms with van der Waals surface area (Å²) >= 11 is 6.17. The third kappa shape index (κ3) is 7.56. The number of nitrogens with zero attached hydrogens (tertiary/aromatic N) is 2. The van der Waals surface area contributed by atoms with Crippen LogP contribution in [0.3, 0.4) is 0 Å². The number of nitrogens with two attached hydrogens (primary N) is 1. The summed E-state index contributed by atoms with van der Waals surface area (Å²) in [5.74, 6) is 1.22. The van der Waals surface area contributed by atoms with Gasteiger partial charge in [0.2, 0.25) is 0 Å². The summed E-state index contributed by atoms with van der Waals surface area (Å²) < 4.78 is 49.6. The van der Waals surface area contributed by atoms with Crippen LogP contribution in [0.1, 0.15) is 29.3 Å². The molecule has 0 saturated carbocycles. The highest BCUT2D eigenvalue weighted by Crippen LogP contribution is 2.48. The van der Waals surface area contributed by atoms with E-state index in [2.05, 4.69) is 4.98 Å². The second-order valence-electron chi connectivity index (χ2n) is 11.3. The molecule has 4 aromatic carbocycles. The smallest absolute Gasteiger partial charge is 0.351 e. The van der Waals surface area contributed by atoms with Crippen molar-refractivity contribution in [3.8, 4) is 17.2 Å². The number of halogens is 1. The molecule has 6 rings (SSSR count). The maximum atomic E-state index is 13.3. The van der Waals surface area contributed by atoms with E-state index >= 15 is 0 Å². The predicted molar refractivity (Wildman–Crippen MR) is 184 cm³/mol. The monoisotopic (exact) mass is 718 g/mol. The van der Waals surface area contributed by atoms with Crippen LogP contribution in [0, 0.1) is 0 Å². The molecule has 1 aromatic heterocycles. The lowest BCUT2D eigenvalue weighted by atomic mass is 9.80. The first-order valence-electron chi connectivity index (χ1n) is 15.5. The molecule has 2 heterocycles. The molecule has 0 spiro atoms. The van der Waals surface area contributed by atoms with Gasteiger partial charge in [0, 0.05) is 12.6 Å². The highest BCUT2D eigenvalue weighted by Gasteiger charge is 2.44. The summed E-state index contributed by atoms with van der Waals surface area (Å²) in [6.45, 7) is -0.197. The number of hydrogen-bond acceptors (Lipinski definition) is 11. The zero-order valence-corrected chi connectivity index (χ0v) is 28.7. The van der Waals surface area contributed by atoms with Crippen LogP contribution in [0.4, 0.5) is 5.82 Å². The van der Waals surface area contributed by atoms with Gasteiger partial charge in [0.1, 0.15) is 41.0 Å². The van der Waals surface area contributed by atoms with Gasteiger partial charge >= 0.3 is 13.5 Å². The number of methoxy groups -OCH3 is 2. The van der Waals surface area contributed by atoms with Crippen molar-refractivity contribution in [1.29, 1.82) is 0 Å². The van der Waals surface area contributed by atoms with Crippen molar-refractivity contribution >= 4 is 25.2 Å². The summed E-state index contributed by atoms with van der Waals surface area (Å²) in [7, 11) is -1.88. The van der Waals surface area contributed by atoms with Crippen molar-refractivity contribution in [2.24, 2.45) is 0 Å². The van der Waals surface area contributed by atoms with Crippen molar-refractivity contribution < 1.29 is 37.5 Å². The Kier molecular flexibility index (Phi) is 10.6. The van der Waals surface area contributed by atoms with Gasteiger partial charge in [-0.15, -0.1) is 0 Å². The van der Waals surface area contributed by atoms with Crippen LogP contribution < -0.4 is 30.3 Å². The van der Waals surface area contributed by atoms with Gasteiger partial charge < -0.3 is 38.6 Å². The first-order chi connectivity index (χ1) is 24.1. The quantitative estimate of drug-likeness (QED) is 0.117. The fourth-order valence-corrected chi connectivity index (χ4v) is 7.11. The van der Waals surface area contributed by atoms with E-state index < -0.39 is 37.5 Å². The zero-order valence-electron chi connectivity index (χ0n) is 27.1. The molecular weight excluding hydrogens is 685 g/mol. The number of nitrogen functional groups attached to an aromatic ring is 1. The Hall–Kier alpha value is -4.68. The average Bonchev–Trinajstić information content (AvgIpc) is 3.51. The predicted octanol–water partition coefficient (Wildman–Crippen LogP) is 5.72. The van der Waals surface area contributed by atoms with E-state index in [1.165, 1.54) is 29.0 Å². The van der Waals surface area contributed by atoms with Gasteiger partial charge in [0.25, 0.3) is 0 Å². The lowest BCUT2D eigenvalue weighted by Gasteiger charge is -2.37. The van der Waals surface area contributed by atoms with Gasteiger partial charge in [-0.2, -0.15) is 4.98 Å². The molecule has 0 amide bonds. The van der Waals surface area contributed by atoms with Crippen LogP contribution in [-0.2, 0) is 24.2 Å². The molecule has 0 radical (unpaired) electrons. The Morgan fingerprint density at radius 2 is 1.48 bits per heavy atom. The summed E-state index contributed by atoms with van der Waals surface area (Å²) in [6, 6.07) is 32.0. The summed E-state index contributed by atoms with van der Waals surface area (Å²) in [5, 5.41) is 0.0822. The van der Waals surface area contributed by atoms with Gasteiger partial charge in [-0.1, -0.05) is 78.3 Å². The number of rotatable bonds is 13. The first kappa shape index (κ1) is 35.2. The fourth-order valence-electron chi connectivity index (χ4n) is 5.89. The summed E-state index contributed by atoms with van der Waals surface area (Å²) in [4.78, 5) is 29.9. The molecule has 1 unspecified atom stereocenters. The van der Waals surface area contributed by atoms with E-state index in [0.717, 1.165) is 16.7 Å². The number of aromatic nitrogens is 2. The van der Waals surface area contributed by atoms with E-state index in [1.54, 1.807) is 26.4 Å². The van der Waals surface area contributed by atoms with Gasteiger partial charge in [-0.05, 0) is 59.2 Å². The van der Waals surface area contributed by atoms with E-state index in [0.29, 0.717) is 11.5 Å². The van der Waals surface area contributed by atoms with Crippen LogP contribution in [0.15, 0.2) is 120 Å². The van der Waals surface area contributed by atoms with Crippen LogP contribution in [0.25, 0.3) is 0 Å². The number of ether oxygens (including phenoxy) is 4. The number of phosphoric acid groups is 1. The fraction of sp³-hybridized carbons (Fsp3) is 0.222. The van der Waals surface area contributed by atoms with Crippen molar-refractivity contribution in [3.63, 3.8) is 0 Å². The molecule has 1 fully saturated rings. The van der Waals surface area contributed by atoms with Crippen LogP contribution >= 0.6 is 19.4 Å². The molecule has 1 saturated heterocycles. The van der Waals surface area contributed by atoms with Crippen LogP contribution in [0.2, 0.25) is 5.02 Å². The topological polar surface area (TPSA) is 156 Å². The minimum Gasteiger partial charge on any atom is -0.746 e. The Morgan fingerprint density at radius 1 is 0.900 bits per heavy atom. The molecule has 1 aliphatic heterocycles. The summed E-state index contributed by atoms with van der Waals surface area (Å²) in [6.07, 6.45) is -1.80. The van der Waals surface area contributed by atoms with Gasteiger partial charge in [0.15, 0.2) is 0 Å². The SMILES string of the molecule is COc1ccc(C(OC[C@H]2O[C@@H](n3ccc(N)nc3=O)C[C@@H]2OP(=O)([O-])Oc2ccccc2Cl)(c2ccccc2)c2ccc(OC)cc2)cc1. The number of hydrogen-bond donors (Lipinski definition) is 1. The molecule has 12 nitrogen and oxygen atoms in total. The van der Waals surface area contributed by atoms with Gasteiger partial charge in [0.05, 0.1) is 32.0 Å². The Balaban J connectivity index is 1.40. The maximum absolute atomic E-state index is 13.3. The highest BCUT2D eigenvalue weighted by molar-refractivity contribution is 7.46. The average molecular weight is 719 g/mol. The normalized spacial score (nSPS) is 18.7. The largest absolute Gasteiger partial charge is 0.746 e. The number of phosphoric ester groups is 1. The van der Waals surface area contributed by atoms with E-state index in [-0.39, 0.29) is 29.6 Å². The van der Waals surface area contributed by atoms with Crippen LogP contribution in [0.5, 0.6) is 17.2 Å². The minimum absolute atomic E-state index is 0.0285. The Labute approximate surface area is 293 Å². The van der Waals surface area contributed by atoms with Gasteiger partial charge in [-0.25, -0.2) is 4.79 Å². The van der Waals surface area contributed by atoms with Crippen LogP contribution in [-0.4, -0.2) is 42.6 Å². The lowest BCUT2D eigenvalue weighted by Crippen LogP contribution is -2.39. The Morgan fingerprint density at radius 3 is 2.06 bits per heavy atom. The molecule has 50 heavy (non-hydrogen) atoms. The molecule has 5 aromatic rings. The Bertz CT molecular complexity index is 1970. The first-order valence-corrected chi connectivity index (χ1v) is 17.4. The lowest BCUT2D eigenvalue weighted by molar-refractivity contribution is -0.223. The van der Waals surface area contributed by atoms with E-state index in [4.69, 9.17) is 45.3 Å². The molecule has 260 valence electrons. The molecule has 2 N–H and O–H groups in total. The minimum atomic E-state index is -5.04. The van der Waals surface area contributed by atoms with Gasteiger partial charge in [-0.3, -0.25) is 9.13 Å². The van der Waals surface area contributed by atoms with Crippen molar-refractivity contribution in [2.75, 3.05) is 26.6 Å². The number of benzene rings is 4. The van der Waals surface area contributed by atoms with E-state index in [1.807, 2.05) is 78.9 Å². The zero-order chi connectivity index (χ0) is 35.3. The standard InChI is InChI=1S/C36H35ClN3O9P/c1-44-27-16-12-25(13-17-27)36(24-8-4-3-5-9-24,26-14-18-28(45-2)19-15-26)46-23-32-31(22-34(47-32)40-21-20-33(38)39-35(40)41)49-50(42,43)48-30-11-7-6-10-29(30)37/h3-21,31-32,34H,22-23H2,1-2H3,(H,42,43)(H2,38,39,41)/p-1/t31-,32+,34+/m0/s1. The molecule has 0 bridgehead atoms. The molecule has 14 heteroatoms. The molecule has 1 aliphatic rings. The molecular formula is C36H34ClN3O9P-. The number of para-hydroxylation sites is 1. The summed E-state index contributed by atoms with van der Waals surface area (Å²) in [5.41, 5.74) is 6.06. The van der Waals surface area contributed by atoms with Crippen molar-refractivity contribution in [3.05, 3.63) is 148 Å². The third-order valence-electron chi connectivity index (χ3n) is 8.29. The number of anilines is 1. The highest BCUT2D eigenvalue weighted by atomic mass is 35.5. The van der Waals surface area contributed by atoms with Crippen molar-refractivity contribution in [1.82, 2.24) is 9.55 Å². The maximum Gasteiger partial charge on any atom is 0.351 e. The van der Waals surface area contributed by atoms with Crippen molar-refractivity contribution in [2.45, 2.75) is 30.5 Å². The molecule has 4 atom stereocenters. The molecule has 0 aliphatic carbocycles. The third-order valence-corrected chi connectivity index (χ3v) is 9.55.